The summed E-state index contributed by atoms with van der Waals surface area (Å²) in [4.78, 5) is 12.5. The lowest BCUT2D eigenvalue weighted by atomic mass is 10.0. The van der Waals surface area contributed by atoms with Gasteiger partial charge in [0.2, 0.25) is 0 Å². The highest BCUT2D eigenvalue weighted by Crippen LogP contribution is 2.27. The molecular formula is C22H26N4O2. The quantitative estimate of drug-likeness (QED) is 0.544. The van der Waals surface area contributed by atoms with Gasteiger partial charge in [-0.1, -0.05) is 18.2 Å². The van der Waals surface area contributed by atoms with E-state index in [0.29, 0.717) is 24.0 Å². The molecule has 3 aromatic rings. The highest BCUT2D eigenvalue weighted by atomic mass is 16.5. The molecule has 4 N–H and O–H groups in total. The number of fused-ring (bicyclic) bond motifs is 1. The summed E-state index contributed by atoms with van der Waals surface area (Å²) in [6, 6.07) is 13.6. The van der Waals surface area contributed by atoms with Gasteiger partial charge >= 0.3 is 0 Å². The number of H-pyrrole nitrogens is 1. The second-order valence-corrected chi connectivity index (χ2v) is 7.34. The number of hydrogen-bond acceptors (Lipinski definition) is 4. The number of rotatable bonds is 7. The number of carbonyl (C=O) groups excluding carboxylic acids is 1. The molecule has 0 spiro atoms. The van der Waals surface area contributed by atoms with Crippen molar-refractivity contribution in [2.75, 3.05) is 18.9 Å². The van der Waals surface area contributed by atoms with Crippen molar-refractivity contribution >= 4 is 22.6 Å². The van der Waals surface area contributed by atoms with Crippen molar-refractivity contribution < 1.29 is 9.53 Å². The normalized spacial score (nSPS) is 16.5. The van der Waals surface area contributed by atoms with Crippen LogP contribution in [-0.2, 0) is 4.74 Å². The van der Waals surface area contributed by atoms with Crippen LogP contribution >= 0.6 is 0 Å². The lowest BCUT2D eigenvalue weighted by Crippen LogP contribution is -2.24. The molecule has 146 valence electrons. The molecule has 4 rings (SSSR count). The van der Waals surface area contributed by atoms with Crippen LogP contribution in [-0.4, -0.2) is 35.4 Å². The van der Waals surface area contributed by atoms with E-state index in [2.05, 4.69) is 15.5 Å². The van der Waals surface area contributed by atoms with Crippen molar-refractivity contribution in [1.82, 2.24) is 15.5 Å². The molecule has 1 aliphatic rings. The minimum atomic E-state index is -0.0390. The number of anilines is 1. The highest BCUT2D eigenvalue weighted by molar-refractivity contribution is 5.96. The Hall–Kier alpha value is -2.86. The summed E-state index contributed by atoms with van der Waals surface area (Å²) >= 11 is 0. The van der Waals surface area contributed by atoms with Crippen LogP contribution in [0, 0.1) is 0 Å². The predicted molar refractivity (Wildman–Crippen MR) is 111 cm³/mol. The first-order chi connectivity index (χ1) is 13.7. The van der Waals surface area contributed by atoms with Crippen LogP contribution in [0.3, 0.4) is 0 Å². The van der Waals surface area contributed by atoms with Crippen LogP contribution < -0.4 is 11.1 Å². The molecular weight excluding hydrogens is 352 g/mol. The zero-order valence-corrected chi connectivity index (χ0v) is 15.9. The van der Waals surface area contributed by atoms with Gasteiger partial charge in [0.1, 0.15) is 0 Å². The molecule has 1 aliphatic heterocycles. The van der Waals surface area contributed by atoms with Gasteiger partial charge in [0.05, 0.1) is 11.6 Å². The van der Waals surface area contributed by atoms with E-state index < -0.39 is 0 Å². The number of nitrogens with zero attached hydrogens (tertiary/aromatic N) is 1. The Morgan fingerprint density at radius 1 is 1.21 bits per heavy atom. The van der Waals surface area contributed by atoms with E-state index in [0.717, 1.165) is 47.9 Å². The van der Waals surface area contributed by atoms with Crippen LogP contribution in [0.25, 0.3) is 22.0 Å². The van der Waals surface area contributed by atoms with Crippen molar-refractivity contribution in [3.63, 3.8) is 0 Å². The Morgan fingerprint density at radius 3 is 2.96 bits per heavy atom. The maximum atomic E-state index is 12.5. The Balaban J connectivity index is 1.35. The number of hydrogen-bond donors (Lipinski definition) is 3. The smallest absolute Gasteiger partial charge is 0.251 e. The van der Waals surface area contributed by atoms with Crippen LogP contribution in [0.5, 0.6) is 0 Å². The summed E-state index contributed by atoms with van der Waals surface area (Å²) in [6.45, 7) is 1.59. The Bertz CT molecular complexity index is 960. The number of nitrogens with two attached hydrogens (primary N) is 1. The molecule has 1 unspecified atom stereocenters. The van der Waals surface area contributed by atoms with Gasteiger partial charge in [0.25, 0.3) is 5.91 Å². The van der Waals surface area contributed by atoms with Gasteiger partial charge in [-0.25, -0.2) is 0 Å². The average Bonchev–Trinajstić information content (AvgIpc) is 3.37. The summed E-state index contributed by atoms with van der Waals surface area (Å²) in [5.74, 6) is 0.441. The van der Waals surface area contributed by atoms with E-state index in [-0.39, 0.29) is 5.91 Å². The molecule has 1 fully saturated rings. The third-order valence-corrected chi connectivity index (χ3v) is 5.31. The Labute approximate surface area is 164 Å². The minimum absolute atomic E-state index is 0.0390. The number of benzene rings is 2. The molecule has 6 nitrogen and oxygen atoms in total. The van der Waals surface area contributed by atoms with Gasteiger partial charge in [0, 0.05) is 24.1 Å². The fourth-order valence-electron chi connectivity index (χ4n) is 3.73. The lowest BCUT2D eigenvalue weighted by Gasteiger charge is -2.10. The fourth-order valence-corrected chi connectivity index (χ4v) is 3.73. The summed E-state index contributed by atoms with van der Waals surface area (Å²) in [5.41, 5.74) is 9.46. The van der Waals surface area contributed by atoms with E-state index >= 15 is 0 Å². The number of unbranched alkanes of at least 4 members (excludes halogenated alkanes) is 1. The standard InChI is InChI=1S/C22H26N4O2/c23-21-19-14-16(9-10-20(19)25-26-21)15-5-3-6-17(13-15)22(27)24-11-2-1-7-18-8-4-12-28-18/h3,5-6,9-10,13-14,18H,1-2,4,7-8,11-12H2,(H,24,27)(H3,23,25,26). The van der Waals surface area contributed by atoms with E-state index in [1.165, 1.54) is 12.8 Å². The zero-order valence-electron chi connectivity index (χ0n) is 15.9. The maximum absolute atomic E-state index is 12.5. The van der Waals surface area contributed by atoms with Crippen LogP contribution in [0.1, 0.15) is 42.5 Å². The fraction of sp³-hybridized carbons (Fsp3) is 0.364. The highest BCUT2D eigenvalue weighted by Gasteiger charge is 2.14. The van der Waals surface area contributed by atoms with Crippen LogP contribution in [0.4, 0.5) is 5.82 Å². The van der Waals surface area contributed by atoms with E-state index in [4.69, 9.17) is 10.5 Å². The minimum Gasteiger partial charge on any atom is -0.382 e. The van der Waals surface area contributed by atoms with Gasteiger partial charge in [-0.05, 0) is 67.5 Å². The first kappa shape index (κ1) is 18.5. The third-order valence-electron chi connectivity index (χ3n) is 5.31. The van der Waals surface area contributed by atoms with E-state index in [9.17, 15) is 4.79 Å². The molecule has 1 aromatic heterocycles. The molecule has 0 bridgehead atoms. The molecule has 0 aliphatic carbocycles. The number of aromatic nitrogens is 2. The second kappa shape index (κ2) is 8.44. The maximum Gasteiger partial charge on any atom is 0.251 e. The second-order valence-electron chi connectivity index (χ2n) is 7.34. The summed E-state index contributed by atoms with van der Waals surface area (Å²) in [6.07, 6.45) is 5.92. The summed E-state index contributed by atoms with van der Waals surface area (Å²) < 4.78 is 5.63. The number of aromatic amines is 1. The number of amides is 1. The molecule has 1 atom stereocenters. The third kappa shape index (κ3) is 4.17. The molecule has 0 saturated carbocycles. The molecule has 6 heteroatoms. The topological polar surface area (TPSA) is 93.0 Å². The molecule has 2 heterocycles. The van der Waals surface area contributed by atoms with Crippen molar-refractivity contribution in [3.05, 3.63) is 48.0 Å². The molecule has 1 saturated heterocycles. The molecule has 28 heavy (non-hydrogen) atoms. The van der Waals surface area contributed by atoms with E-state index in [1.54, 1.807) is 0 Å². The van der Waals surface area contributed by atoms with Gasteiger partial charge in [-0.15, -0.1) is 0 Å². The SMILES string of the molecule is Nc1n[nH]c2ccc(-c3cccc(C(=O)NCCCCC4CCCO4)c3)cc12. The first-order valence-corrected chi connectivity index (χ1v) is 9.94. The van der Waals surface area contributed by atoms with Crippen molar-refractivity contribution in [1.29, 1.82) is 0 Å². The van der Waals surface area contributed by atoms with Crippen molar-refractivity contribution in [3.8, 4) is 11.1 Å². The van der Waals surface area contributed by atoms with Gasteiger partial charge in [-0.2, -0.15) is 5.10 Å². The molecule has 2 aromatic carbocycles. The van der Waals surface area contributed by atoms with Crippen molar-refractivity contribution in [2.45, 2.75) is 38.2 Å². The van der Waals surface area contributed by atoms with Crippen LogP contribution in [0.2, 0.25) is 0 Å². The summed E-state index contributed by atoms with van der Waals surface area (Å²) in [5, 5.41) is 10.8. The van der Waals surface area contributed by atoms with Gasteiger partial charge in [-0.3, -0.25) is 9.89 Å². The molecule has 1 amide bonds. The van der Waals surface area contributed by atoms with E-state index in [1.807, 2.05) is 42.5 Å². The zero-order chi connectivity index (χ0) is 19.3. The largest absolute Gasteiger partial charge is 0.382 e. The number of nitrogen functional groups attached to an aromatic ring is 1. The Morgan fingerprint density at radius 2 is 2.11 bits per heavy atom. The number of nitrogens with one attached hydrogen (secondary N) is 2. The van der Waals surface area contributed by atoms with Gasteiger partial charge < -0.3 is 15.8 Å². The number of carbonyl (C=O) groups is 1. The Kier molecular flexibility index (Phi) is 5.58. The summed E-state index contributed by atoms with van der Waals surface area (Å²) in [7, 11) is 0. The molecule has 0 radical (unpaired) electrons. The first-order valence-electron chi connectivity index (χ1n) is 9.94. The van der Waals surface area contributed by atoms with Crippen molar-refractivity contribution in [2.24, 2.45) is 0 Å². The van der Waals surface area contributed by atoms with Gasteiger partial charge in [0.15, 0.2) is 5.82 Å². The predicted octanol–water partition coefficient (Wildman–Crippen LogP) is 3.89. The monoisotopic (exact) mass is 378 g/mol. The average molecular weight is 378 g/mol. The van der Waals surface area contributed by atoms with Crippen LogP contribution in [0.15, 0.2) is 42.5 Å². The number of ether oxygens (including phenoxy) is 1. The lowest BCUT2D eigenvalue weighted by molar-refractivity contribution is 0.0947.